The Kier molecular flexibility index (Phi) is 5.92. The maximum absolute atomic E-state index is 12.7. The van der Waals surface area contributed by atoms with Gasteiger partial charge in [-0.25, -0.2) is 4.68 Å². The highest BCUT2D eigenvalue weighted by Gasteiger charge is 2.30. The van der Waals surface area contributed by atoms with Crippen molar-refractivity contribution in [1.29, 1.82) is 0 Å². The zero-order chi connectivity index (χ0) is 18.4. The summed E-state index contributed by atoms with van der Waals surface area (Å²) in [6.45, 7) is 0.767. The first-order valence-corrected chi connectivity index (χ1v) is 7.43. The number of carbonyl (C=O) groups is 1. The molecule has 1 amide bonds. The Morgan fingerprint density at radius 3 is 2.80 bits per heavy atom. The van der Waals surface area contributed by atoms with E-state index in [9.17, 15) is 18.0 Å². The zero-order valence-electron chi connectivity index (χ0n) is 13.8. The zero-order valence-corrected chi connectivity index (χ0v) is 13.8. The first-order valence-electron chi connectivity index (χ1n) is 7.43. The molecule has 0 fully saturated rings. The molecule has 6 nitrogen and oxygen atoms in total. The largest absolute Gasteiger partial charge is 0.416 e. The van der Waals surface area contributed by atoms with Gasteiger partial charge in [0.15, 0.2) is 0 Å². The third-order valence-electron chi connectivity index (χ3n) is 3.16. The van der Waals surface area contributed by atoms with E-state index in [0.717, 1.165) is 12.1 Å². The molecule has 0 spiro atoms. The number of hydrogen-bond donors (Lipinski definition) is 1. The van der Waals surface area contributed by atoms with Crippen LogP contribution in [-0.4, -0.2) is 46.4 Å². The molecular weight excluding hydrogens is 335 g/mol. The van der Waals surface area contributed by atoms with Gasteiger partial charge in [-0.3, -0.25) is 4.79 Å². The molecule has 1 heterocycles. The Labute approximate surface area is 142 Å². The molecule has 0 radical (unpaired) electrons. The Morgan fingerprint density at radius 2 is 2.12 bits per heavy atom. The molecule has 0 unspecified atom stereocenters. The number of carbonyl (C=O) groups excluding carboxylic acids is 1. The second kappa shape index (κ2) is 7.93. The van der Waals surface area contributed by atoms with E-state index >= 15 is 0 Å². The molecule has 0 saturated heterocycles. The summed E-state index contributed by atoms with van der Waals surface area (Å²) in [5, 5.41) is 10.3. The van der Waals surface area contributed by atoms with Crippen molar-refractivity contribution < 1.29 is 18.0 Å². The van der Waals surface area contributed by atoms with Crippen LogP contribution in [0.3, 0.4) is 0 Å². The molecule has 0 aliphatic rings. The number of amides is 1. The third-order valence-corrected chi connectivity index (χ3v) is 3.16. The van der Waals surface area contributed by atoms with Crippen LogP contribution in [0, 0.1) is 0 Å². The highest BCUT2D eigenvalue weighted by Crippen LogP contribution is 2.30. The van der Waals surface area contributed by atoms with Gasteiger partial charge in [-0.15, -0.1) is 5.10 Å². The van der Waals surface area contributed by atoms with Crippen molar-refractivity contribution in [2.75, 3.05) is 20.6 Å². The van der Waals surface area contributed by atoms with E-state index in [2.05, 4.69) is 15.6 Å². The lowest BCUT2D eigenvalue weighted by Crippen LogP contribution is -2.21. The molecule has 9 heteroatoms. The Hall–Kier alpha value is -2.68. The van der Waals surface area contributed by atoms with Gasteiger partial charge in [0.1, 0.15) is 5.69 Å². The van der Waals surface area contributed by atoms with E-state index < -0.39 is 11.7 Å². The number of rotatable bonds is 6. The molecular formula is C16H18F3N5O. The number of likely N-dealkylation sites (N-methyl/N-ethyl adjacent to an activating group) is 1. The van der Waals surface area contributed by atoms with Crippen LogP contribution in [0.4, 0.5) is 13.2 Å². The van der Waals surface area contributed by atoms with Gasteiger partial charge >= 0.3 is 6.18 Å². The number of hydrogen-bond acceptors (Lipinski definition) is 4. The molecule has 2 aromatic rings. The van der Waals surface area contributed by atoms with Crippen molar-refractivity contribution in [1.82, 2.24) is 25.2 Å². The molecule has 0 aliphatic heterocycles. The van der Waals surface area contributed by atoms with Crippen LogP contribution >= 0.6 is 0 Å². The molecule has 2 rings (SSSR count). The van der Waals surface area contributed by atoms with Crippen molar-refractivity contribution >= 4 is 5.91 Å². The van der Waals surface area contributed by atoms with Crippen molar-refractivity contribution in [3.8, 4) is 5.69 Å². The summed E-state index contributed by atoms with van der Waals surface area (Å²) in [6.07, 6.45) is 0.178. The summed E-state index contributed by atoms with van der Waals surface area (Å²) in [7, 11) is 3.77. The SMILES string of the molecule is CN(C)C/C=C/C(=O)NCc1cn(-c2cccc(C(F)(F)F)c2)nn1. The lowest BCUT2D eigenvalue weighted by molar-refractivity contribution is -0.137. The van der Waals surface area contributed by atoms with Crippen molar-refractivity contribution in [2.45, 2.75) is 12.7 Å². The van der Waals surface area contributed by atoms with Crippen LogP contribution in [0.15, 0.2) is 42.6 Å². The average Bonchev–Trinajstić information content (AvgIpc) is 3.01. The average molecular weight is 353 g/mol. The summed E-state index contributed by atoms with van der Waals surface area (Å²) >= 11 is 0. The number of nitrogens with one attached hydrogen (secondary N) is 1. The molecule has 25 heavy (non-hydrogen) atoms. The fraction of sp³-hybridized carbons (Fsp3) is 0.312. The standard InChI is InChI=1S/C16H18F3N5O/c1-23(2)8-4-7-15(25)20-10-13-11-24(22-21-13)14-6-3-5-12(9-14)16(17,18)19/h3-7,9,11H,8,10H2,1-2H3,(H,20,25)/b7-4+. The molecule has 1 aromatic heterocycles. The number of halogens is 3. The van der Waals surface area contributed by atoms with E-state index in [1.165, 1.54) is 29.1 Å². The highest BCUT2D eigenvalue weighted by atomic mass is 19.4. The van der Waals surface area contributed by atoms with Gasteiger partial charge in [0.25, 0.3) is 0 Å². The fourth-order valence-corrected chi connectivity index (χ4v) is 1.94. The van der Waals surface area contributed by atoms with Crippen LogP contribution in [0.25, 0.3) is 5.69 Å². The third kappa shape index (κ3) is 5.71. The number of benzene rings is 1. The van der Waals surface area contributed by atoms with Gasteiger partial charge in [-0.05, 0) is 32.3 Å². The van der Waals surface area contributed by atoms with Crippen LogP contribution in [-0.2, 0) is 17.5 Å². The first kappa shape index (κ1) is 18.7. The lowest BCUT2D eigenvalue weighted by atomic mass is 10.2. The van der Waals surface area contributed by atoms with E-state index in [0.29, 0.717) is 12.2 Å². The smallest absolute Gasteiger partial charge is 0.347 e. The van der Waals surface area contributed by atoms with Gasteiger partial charge in [-0.2, -0.15) is 13.2 Å². The highest BCUT2D eigenvalue weighted by molar-refractivity contribution is 5.87. The minimum absolute atomic E-state index is 0.129. The molecule has 0 aliphatic carbocycles. The van der Waals surface area contributed by atoms with Gasteiger partial charge in [0.05, 0.1) is 24.0 Å². The van der Waals surface area contributed by atoms with E-state index in [1.54, 1.807) is 6.08 Å². The van der Waals surface area contributed by atoms with Crippen molar-refractivity contribution in [3.63, 3.8) is 0 Å². The second-order valence-corrected chi connectivity index (χ2v) is 5.58. The second-order valence-electron chi connectivity index (χ2n) is 5.58. The van der Waals surface area contributed by atoms with Gasteiger partial charge in [0.2, 0.25) is 5.91 Å². The molecule has 1 aromatic carbocycles. The summed E-state index contributed by atoms with van der Waals surface area (Å²) < 4.78 is 39.5. The van der Waals surface area contributed by atoms with Gasteiger partial charge in [0, 0.05) is 12.6 Å². The molecule has 0 bridgehead atoms. The van der Waals surface area contributed by atoms with Gasteiger partial charge < -0.3 is 10.2 Å². The van der Waals surface area contributed by atoms with E-state index in [4.69, 9.17) is 0 Å². The topological polar surface area (TPSA) is 63.1 Å². The summed E-state index contributed by atoms with van der Waals surface area (Å²) in [5.41, 5.74) is -0.0843. The minimum atomic E-state index is -4.42. The maximum Gasteiger partial charge on any atom is 0.416 e. The molecule has 0 saturated carbocycles. The summed E-state index contributed by atoms with van der Waals surface area (Å²) in [4.78, 5) is 13.5. The normalized spacial score (nSPS) is 12.1. The Morgan fingerprint density at radius 1 is 1.36 bits per heavy atom. The summed E-state index contributed by atoms with van der Waals surface area (Å²) in [5.74, 6) is -0.282. The van der Waals surface area contributed by atoms with E-state index in [1.807, 2.05) is 19.0 Å². The Bertz CT molecular complexity index is 752. The number of nitrogens with zero attached hydrogens (tertiary/aromatic N) is 4. The monoisotopic (exact) mass is 353 g/mol. The summed E-state index contributed by atoms with van der Waals surface area (Å²) in [6, 6.07) is 4.77. The number of aromatic nitrogens is 3. The van der Waals surface area contributed by atoms with E-state index in [-0.39, 0.29) is 18.1 Å². The van der Waals surface area contributed by atoms with Crippen molar-refractivity contribution in [2.24, 2.45) is 0 Å². The fourth-order valence-electron chi connectivity index (χ4n) is 1.94. The number of alkyl halides is 3. The lowest BCUT2D eigenvalue weighted by Gasteiger charge is -2.08. The van der Waals surface area contributed by atoms with Gasteiger partial charge in [-0.1, -0.05) is 17.4 Å². The Balaban J connectivity index is 1.99. The van der Waals surface area contributed by atoms with Crippen LogP contribution < -0.4 is 5.32 Å². The molecule has 1 N–H and O–H groups in total. The van der Waals surface area contributed by atoms with Crippen LogP contribution in [0.5, 0.6) is 0 Å². The first-order chi connectivity index (χ1) is 11.8. The minimum Gasteiger partial charge on any atom is -0.347 e. The predicted molar refractivity (Wildman–Crippen MR) is 85.9 cm³/mol. The van der Waals surface area contributed by atoms with Crippen LogP contribution in [0.2, 0.25) is 0 Å². The van der Waals surface area contributed by atoms with Crippen molar-refractivity contribution in [3.05, 3.63) is 53.9 Å². The molecule has 0 atom stereocenters. The maximum atomic E-state index is 12.7. The molecule has 134 valence electrons. The predicted octanol–water partition coefficient (Wildman–Crippen LogP) is 2.02. The quantitative estimate of drug-likeness (QED) is 0.807. The van der Waals surface area contributed by atoms with Crippen LogP contribution in [0.1, 0.15) is 11.3 Å².